The number of nitrogens with one attached hydrogen (secondary N) is 1. The van der Waals surface area contributed by atoms with Gasteiger partial charge in [0.15, 0.2) is 0 Å². The van der Waals surface area contributed by atoms with Gasteiger partial charge in [0.05, 0.1) is 18.5 Å². The summed E-state index contributed by atoms with van der Waals surface area (Å²) in [6.45, 7) is 0.425. The minimum atomic E-state index is -0.403. The highest BCUT2D eigenvalue weighted by Crippen LogP contribution is 2.25. The third-order valence-electron chi connectivity index (χ3n) is 2.97. The SMILES string of the molecule is [B]N1C(=N)CCN([C@H]2CC[C@@H](CO)O2)C1=O. The molecule has 86 valence electrons. The number of aliphatic hydroxyl groups is 1. The van der Waals surface area contributed by atoms with Gasteiger partial charge in [-0.1, -0.05) is 0 Å². The molecule has 0 aromatic heterocycles. The van der Waals surface area contributed by atoms with Crippen LogP contribution in [0.2, 0.25) is 0 Å². The number of carbonyl (C=O) groups is 1. The van der Waals surface area contributed by atoms with E-state index in [1.54, 1.807) is 0 Å². The van der Waals surface area contributed by atoms with Crippen molar-refractivity contribution in [3.8, 4) is 0 Å². The van der Waals surface area contributed by atoms with Gasteiger partial charge in [0.25, 0.3) is 0 Å². The lowest BCUT2D eigenvalue weighted by Crippen LogP contribution is -2.54. The highest BCUT2D eigenvalue weighted by molar-refractivity contribution is 6.25. The predicted octanol–water partition coefficient (Wildman–Crippen LogP) is -0.328. The molecule has 2 aliphatic heterocycles. The van der Waals surface area contributed by atoms with Crippen molar-refractivity contribution in [3.05, 3.63) is 0 Å². The first-order valence-corrected chi connectivity index (χ1v) is 5.32. The van der Waals surface area contributed by atoms with Crippen molar-refractivity contribution in [3.63, 3.8) is 0 Å². The molecule has 2 atom stereocenters. The maximum Gasteiger partial charge on any atom is 0.314 e. The standard InChI is InChI=1S/C9H14BN3O3/c10-13-7(11)3-4-12(9(13)15)8-2-1-6(5-14)16-8/h6,8,11,14H,1-5H2/t6-,8+/m0/s1. The number of rotatable bonds is 2. The van der Waals surface area contributed by atoms with Gasteiger partial charge in [0.1, 0.15) is 6.23 Å². The van der Waals surface area contributed by atoms with Gasteiger partial charge in [-0.05, 0) is 12.8 Å². The molecule has 7 heteroatoms. The van der Waals surface area contributed by atoms with Crippen molar-refractivity contribution in [1.29, 1.82) is 5.41 Å². The molecule has 0 unspecified atom stereocenters. The smallest absolute Gasteiger partial charge is 0.314 e. The Morgan fingerprint density at radius 3 is 2.94 bits per heavy atom. The van der Waals surface area contributed by atoms with E-state index in [-0.39, 0.29) is 24.8 Å². The van der Waals surface area contributed by atoms with Crippen molar-refractivity contribution >= 4 is 19.8 Å². The normalized spacial score (nSPS) is 31.3. The monoisotopic (exact) mass is 223 g/mol. The Hall–Kier alpha value is -1.08. The number of amides is 2. The molecule has 2 heterocycles. The Bertz CT molecular complexity index is 312. The van der Waals surface area contributed by atoms with Gasteiger partial charge >= 0.3 is 6.03 Å². The minimum Gasteiger partial charge on any atom is -0.394 e. The molecule has 2 N–H and O–H groups in total. The third kappa shape index (κ3) is 1.92. The van der Waals surface area contributed by atoms with Crippen molar-refractivity contribution in [2.45, 2.75) is 31.6 Å². The van der Waals surface area contributed by atoms with E-state index >= 15 is 0 Å². The average molecular weight is 223 g/mol. The Kier molecular flexibility index (Phi) is 3.16. The minimum absolute atomic E-state index is 0.0271. The molecule has 6 nitrogen and oxygen atoms in total. The second-order valence-corrected chi connectivity index (χ2v) is 4.02. The summed E-state index contributed by atoms with van der Waals surface area (Å²) in [5.74, 6) is 0.123. The van der Waals surface area contributed by atoms with Crippen molar-refractivity contribution in [1.82, 2.24) is 9.71 Å². The topological polar surface area (TPSA) is 76.9 Å². The van der Waals surface area contributed by atoms with Gasteiger partial charge in [-0.3, -0.25) is 10.3 Å². The highest BCUT2D eigenvalue weighted by atomic mass is 16.5. The summed E-state index contributed by atoms with van der Waals surface area (Å²) in [5, 5.41) is 16.4. The molecule has 2 saturated heterocycles. The molecule has 0 aromatic rings. The van der Waals surface area contributed by atoms with E-state index < -0.39 is 6.03 Å². The summed E-state index contributed by atoms with van der Waals surface area (Å²) in [6.07, 6.45) is 1.38. The lowest BCUT2D eigenvalue weighted by atomic mass is 10.1. The molecule has 2 amide bonds. The molecular weight excluding hydrogens is 209 g/mol. The largest absolute Gasteiger partial charge is 0.394 e. The fourth-order valence-electron chi connectivity index (χ4n) is 2.01. The number of aliphatic hydroxyl groups excluding tert-OH is 1. The Morgan fingerprint density at radius 1 is 1.56 bits per heavy atom. The number of amidine groups is 1. The van der Waals surface area contributed by atoms with Crippen LogP contribution < -0.4 is 0 Å². The zero-order valence-electron chi connectivity index (χ0n) is 8.93. The average Bonchev–Trinajstić information content (AvgIpc) is 2.74. The Labute approximate surface area is 95.1 Å². The Morgan fingerprint density at radius 2 is 2.31 bits per heavy atom. The van der Waals surface area contributed by atoms with E-state index in [4.69, 9.17) is 23.2 Å². The van der Waals surface area contributed by atoms with E-state index in [9.17, 15) is 4.79 Å². The van der Waals surface area contributed by atoms with Crippen LogP contribution in [0.15, 0.2) is 0 Å². The fourth-order valence-corrected chi connectivity index (χ4v) is 2.01. The zero-order chi connectivity index (χ0) is 11.7. The van der Waals surface area contributed by atoms with Crippen molar-refractivity contribution < 1.29 is 14.6 Å². The van der Waals surface area contributed by atoms with Crippen molar-refractivity contribution in [2.24, 2.45) is 0 Å². The number of hydrogen-bond donors (Lipinski definition) is 2. The maximum absolute atomic E-state index is 11.8. The van der Waals surface area contributed by atoms with Gasteiger partial charge in [0.2, 0.25) is 7.98 Å². The maximum atomic E-state index is 11.8. The quantitative estimate of drug-likeness (QED) is 0.629. The first-order chi connectivity index (χ1) is 7.63. The van der Waals surface area contributed by atoms with E-state index in [1.807, 2.05) is 0 Å². The molecule has 2 radical (unpaired) electrons. The molecule has 0 spiro atoms. The van der Waals surface area contributed by atoms with Crippen LogP contribution in [-0.4, -0.2) is 60.1 Å². The summed E-state index contributed by atoms with van der Waals surface area (Å²) < 4.78 is 5.51. The lowest BCUT2D eigenvalue weighted by molar-refractivity contribution is -0.0528. The molecule has 2 aliphatic rings. The van der Waals surface area contributed by atoms with Gasteiger partial charge in [-0.15, -0.1) is 0 Å². The van der Waals surface area contributed by atoms with Gasteiger partial charge in [-0.2, -0.15) is 0 Å². The molecular formula is C9H14BN3O3. The lowest BCUT2D eigenvalue weighted by Gasteiger charge is -2.37. The van der Waals surface area contributed by atoms with E-state index in [0.717, 1.165) is 11.2 Å². The second-order valence-electron chi connectivity index (χ2n) is 4.02. The number of ether oxygens (including phenoxy) is 1. The summed E-state index contributed by atoms with van der Waals surface area (Å²) in [5.41, 5.74) is 0. The van der Waals surface area contributed by atoms with Crippen LogP contribution in [0.1, 0.15) is 19.3 Å². The first-order valence-electron chi connectivity index (χ1n) is 5.32. The molecule has 0 aromatic carbocycles. The molecule has 2 fully saturated rings. The van der Waals surface area contributed by atoms with Crippen LogP contribution >= 0.6 is 0 Å². The zero-order valence-corrected chi connectivity index (χ0v) is 8.93. The van der Waals surface area contributed by atoms with E-state index in [0.29, 0.717) is 19.4 Å². The summed E-state index contributed by atoms with van der Waals surface area (Å²) in [4.78, 5) is 14.1. The number of urea groups is 1. The molecule has 0 aliphatic carbocycles. The third-order valence-corrected chi connectivity index (χ3v) is 2.97. The summed E-state index contributed by atoms with van der Waals surface area (Å²) >= 11 is 0. The van der Waals surface area contributed by atoms with E-state index in [1.165, 1.54) is 4.90 Å². The predicted molar refractivity (Wildman–Crippen MR) is 57.0 cm³/mol. The molecule has 0 saturated carbocycles. The number of nitrogens with zero attached hydrogens (tertiary/aromatic N) is 2. The summed E-state index contributed by atoms with van der Waals surface area (Å²) in [6, 6.07) is -0.403. The first kappa shape index (κ1) is 11.4. The van der Waals surface area contributed by atoms with Crippen LogP contribution in [0.25, 0.3) is 0 Å². The second kappa shape index (κ2) is 4.43. The molecule has 2 rings (SSSR count). The van der Waals surface area contributed by atoms with Crippen LogP contribution in [-0.2, 0) is 4.74 Å². The Balaban J connectivity index is 2.00. The summed E-state index contributed by atoms with van der Waals surface area (Å²) in [7, 11) is 5.46. The van der Waals surface area contributed by atoms with Crippen molar-refractivity contribution in [2.75, 3.05) is 13.2 Å². The van der Waals surface area contributed by atoms with Crippen LogP contribution in [0.5, 0.6) is 0 Å². The number of hydrogen-bond acceptors (Lipinski definition) is 4. The molecule has 16 heavy (non-hydrogen) atoms. The van der Waals surface area contributed by atoms with Crippen LogP contribution in [0.4, 0.5) is 4.79 Å². The fraction of sp³-hybridized carbons (Fsp3) is 0.778. The van der Waals surface area contributed by atoms with E-state index in [2.05, 4.69) is 0 Å². The highest BCUT2D eigenvalue weighted by Gasteiger charge is 2.36. The molecule has 0 bridgehead atoms. The van der Waals surface area contributed by atoms with Crippen LogP contribution in [0, 0.1) is 5.41 Å². The van der Waals surface area contributed by atoms with Gasteiger partial charge < -0.3 is 14.7 Å². The number of carbonyl (C=O) groups excluding carboxylic acids is 1. The van der Waals surface area contributed by atoms with Gasteiger partial charge in [-0.25, -0.2) is 4.79 Å². The van der Waals surface area contributed by atoms with Gasteiger partial charge in [0, 0.05) is 13.0 Å². The van der Waals surface area contributed by atoms with Crippen LogP contribution in [0.3, 0.4) is 0 Å².